The molecule has 0 fully saturated rings. The summed E-state index contributed by atoms with van der Waals surface area (Å²) in [6.07, 6.45) is 1.94. The Hall–Kier alpha value is -1.75. The second-order valence-corrected chi connectivity index (χ2v) is 6.07. The van der Waals surface area contributed by atoms with Crippen LogP contribution in [0.5, 0.6) is 0 Å². The van der Waals surface area contributed by atoms with Gasteiger partial charge in [0.05, 0.1) is 17.6 Å². The SMILES string of the molecule is CCOC(=O)CCCc1nc2cc(N(CC)CCCl)ccc2n1C. The van der Waals surface area contributed by atoms with E-state index in [9.17, 15) is 4.79 Å². The molecule has 0 bridgehead atoms. The molecular formula is C18H26ClN3O2. The third-order valence-corrected chi connectivity index (χ3v) is 4.31. The number of aromatic nitrogens is 2. The van der Waals surface area contributed by atoms with Crippen molar-refractivity contribution in [3.05, 3.63) is 24.0 Å². The second kappa shape index (κ2) is 8.92. The summed E-state index contributed by atoms with van der Waals surface area (Å²) in [5.41, 5.74) is 3.22. The Morgan fingerprint density at radius 3 is 2.83 bits per heavy atom. The van der Waals surface area contributed by atoms with Gasteiger partial charge in [0, 0.05) is 44.5 Å². The van der Waals surface area contributed by atoms with E-state index < -0.39 is 0 Å². The van der Waals surface area contributed by atoms with Crippen molar-refractivity contribution < 1.29 is 9.53 Å². The fraction of sp³-hybridized carbons (Fsp3) is 0.556. The highest BCUT2D eigenvalue weighted by Gasteiger charge is 2.11. The molecule has 1 aromatic carbocycles. The smallest absolute Gasteiger partial charge is 0.305 e. The fourth-order valence-electron chi connectivity index (χ4n) is 2.85. The molecule has 0 saturated carbocycles. The minimum Gasteiger partial charge on any atom is -0.466 e. The maximum Gasteiger partial charge on any atom is 0.305 e. The Labute approximate surface area is 148 Å². The minimum atomic E-state index is -0.141. The lowest BCUT2D eigenvalue weighted by Gasteiger charge is -2.21. The average Bonchev–Trinajstić information content (AvgIpc) is 2.88. The summed E-state index contributed by atoms with van der Waals surface area (Å²) in [7, 11) is 2.02. The van der Waals surface area contributed by atoms with Gasteiger partial charge in [-0.1, -0.05) is 0 Å². The Morgan fingerprint density at radius 2 is 2.17 bits per heavy atom. The van der Waals surface area contributed by atoms with Crippen LogP contribution in [-0.4, -0.2) is 41.1 Å². The molecule has 0 atom stereocenters. The summed E-state index contributed by atoms with van der Waals surface area (Å²) < 4.78 is 7.06. The van der Waals surface area contributed by atoms with E-state index in [0.717, 1.165) is 48.5 Å². The van der Waals surface area contributed by atoms with Gasteiger partial charge >= 0.3 is 5.97 Å². The summed E-state index contributed by atoms with van der Waals surface area (Å²) in [5, 5.41) is 0. The first-order valence-electron chi connectivity index (χ1n) is 8.52. The number of alkyl halides is 1. The number of hydrogen-bond donors (Lipinski definition) is 0. The van der Waals surface area contributed by atoms with Gasteiger partial charge in [0.15, 0.2) is 0 Å². The van der Waals surface area contributed by atoms with Crippen molar-refractivity contribution in [3.63, 3.8) is 0 Å². The van der Waals surface area contributed by atoms with Gasteiger partial charge in [0.2, 0.25) is 0 Å². The van der Waals surface area contributed by atoms with Gasteiger partial charge in [0.25, 0.3) is 0 Å². The first-order chi connectivity index (χ1) is 11.6. The summed E-state index contributed by atoms with van der Waals surface area (Å²) in [5.74, 6) is 1.46. The largest absolute Gasteiger partial charge is 0.466 e. The molecule has 0 saturated heterocycles. The van der Waals surface area contributed by atoms with Gasteiger partial charge in [-0.05, 0) is 38.5 Å². The van der Waals surface area contributed by atoms with Crippen LogP contribution < -0.4 is 4.90 Å². The average molecular weight is 352 g/mol. The van der Waals surface area contributed by atoms with Crippen molar-refractivity contribution in [3.8, 4) is 0 Å². The number of esters is 1. The normalized spacial score (nSPS) is 11.0. The minimum absolute atomic E-state index is 0.141. The molecule has 1 aromatic heterocycles. The lowest BCUT2D eigenvalue weighted by molar-refractivity contribution is -0.143. The van der Waals surface area contributed by atoms with Crippen molar-refractivity contribution in [2.75, 3.05) is 30.5 Å². The number of carbonyl (C=O) groups is 1. The molecule has 24 heavy (non-hydrogen) atoms. The van der Waals surface area contributed by atoms with Crippen LogP contribution in [0.25, 0.3) is 11.0 Å². The Balaban J connectivity index is 2.12. The highest BCUT2D eigenvalue weighted by Crippen LogP contribution is 2.23. The standard InChI is InChI=1S/C18H26ClN3O2/c1-4-22(12-11-19)14-9-10-16-15(13-14)20-17(21(16)3)7-6-8-18(23)24-5-2/h9-10,13H,4-8,11-12H2,1-3H3. The van der Waals surface area contributed by atoms with E-state index in [0.29, 0.717) is 18.9 Å². The molecule has 0 N–H and O–H groups in total. The molecular weight excluding hydrogens is 326 g/mol. The van der Waals surface area contributed by atoms with Crippen LogP contribution in [0.15, 0.2) is 18.2 Å². The highest BCUT2D eigenvalue weighted by molar-refractivity contribution is 6.18. The molecule has 0 unspecified atom stereocenters. The number of ether oxygens (including phenoxy) is 1. The van der Waals surface area contributed by atoms with Crippen molar-refractivity contribution in [2.24, 2.45) is 7.05 Å². The van der Waals surface area contributed by atoms with E-state index in [2.05, 4.69) is 34.6 Å². The van der Waals surface area contributed by atoms with Gasteiger partial charge in [0.1, 0.15) is 5.82 Å². The maximum atomic E-state index is 11.4. The molecule has 0 spiro atoms. The third-order valence-electron chi connectivity index (χ3n) is 4.14. The van der Waals surface area contributed by atoms with Gasteiger partial charge in [-0.25, -0.2) is 4.98 Å². The van der Waals surface area contributed by atoms with Crippen molar-refractivity contribution in [2.45, 2.75) is 33.1 Å². The first-order valence-corrected chi connectivity index (χ1v) is 9.06. The number of aryl methyl sites for hydroxylation is 2. The summed E-state index contributed by atoms with van der Waals surface area (Å²) in [6, 6.07) is 6.33. The van der Waals surface area contributed by atoms with E-state index in [1.54, 1.807) is 0 Å². The number of fused-ring (bicyclic) bond motifs is 1. The molecule has 0 aliphatic heterocycles. The van der Waals surface area contributed by atoms with Crippen molar-refractivity contribution in [1.29, 1.82) is 0 Å². The fourth-order valence-corrected chi connectivity index (χ4v) is 3.06. The van der Waals surface area contributed by atoms with Gasteiger partial charge in [-0.15, -0.1) is 11.6 Å². The Bertz CT molecular complexity index is 684. The van der Waals surface area contributed by atoms with E-state index in [-0.39, 0.29) is 5.97 Å². The number of halogens is 1. The van der Waals surface area contributed by atoms with E-state index in [1.807, 2.05) is 14.0 Å². The van der Waals surface area contributed by atoms with Crippen LogP contribution in [-0.2, 0) is 23.0 Å². The zero-order valence-electron chi connectivity index (χ0n) is 14.7. The summed E-state index contributed by atoms with van der Waals surface area (Å²) in [4.78, 5) is 18.4. The zero-order valence-corrected chi connectivity index (χ0v) is 15.5. The Morgan fingerprint density at radius 1 is 1.38 bits per heavy atom. The number of nitrogens with zero attached hydrogens (tertiary/aromatic N) is 3. The predicted octanol–water partition coefficient (Wildman–Crippen LogP) is 3.52. The zero-order chi connectivity index (χ0) is 17.5. The van der Waals surface area contributed by atoms with Crippen LogP contribution >= 0.6 is 11.6 Å². The van der Waals surface area contributed by atoms with Crippen molar-refractivity contribution >= 4 is 34.3 Å². The molecule has 0 aliphatic carbocycles. The van der Waals surface area contributed by atoms with Crippen LogP contribution in [0, 0.1) is 0 Å². The Kier molecular flexibility index (Phi) is 6.91. The third kappa shape index (κ3) is 4.41. The highest BCUT2D eigenvalue weighted by atomic mass is 35.5. The molecule has 1 heterocycles. The van der Waals surface area contributed by atoms with Crippen molar-refractivity contribution in [1.82, 2.24) is 9.55 Å². The van der Waals surface area contributed by atoms with Gasteiger partial charge < -0.3 is 14.2 Å². The second-order valence-electron chi connectivity index (χ2n) is 5.69. The number of carbonyl (C=O) groups excluding carboxylic acids is 1. The number of anilines is 1. The lowest BCUT2D eigenvalue weighted by atomic mass is 10.2. The predicted molar refractivity (Wildman–Crippen MR) is 98.9 cm³/mol. The lowest BCUT2D eigenvalue weighted by Crippen LogP contribution is -2.24. The van der Waals surface area contributed by atoms with E-state index in [1.165, 1.54) is 0 Å². The summed E-state index contributed by atoms with van der Waals surface area (Å²) >= 11 is 5.88. The monoisotopic (exact) mass is 351 g/mol. The number of benzene rings is 1. The van der Waals surface area contributed by atoms with Gasteiger partial charge in [-0.2, -0.15) is 0 Å². The molecule has 0 aliphatic rings. The molecule has 132 valence electrons. The van der Waals surface area contributed by atoms with Crippen LogP contribution in [0.4, 0.5) is 5.69 Å². The molecule has 5 nitrogen and oxygen atoms in total. The van der Waals surface area contributed by atoms with E-state index in [4.69, 9.17) is 21.3 Å². The maximum absolute atomic E-state index is 11.4. The molecule has 2 aromatic rings. The van der Waals surface area contributed by atoms with Gasteiger partial charge in [-0.3, -0.25) is 4.79 Å². The van der Waals surface area contributed by atoms with Crippen LogP contribution in [0.3, 0.4) is 0 Å². The van der Waals surface area contributed by atoms with Crippen LogP contribution in [0.1, 0.15) is 32.5 Å². The number of rotatable bonds is 9. The molecule has 2 rings (SSSR count). The topological polar surface area (TPSA) is 47.4 Å². The van der Waals surface area contributed by atoms with E-state index >= 15 is 0 Å². The molecule has 6 heteroatoms. The first kappa shape index (κ1) is 18.6. The summed E-state index contributed by atoms with van der Waals surface area (Å²) in [6.45, 7) is 6.12. The number of imidazole rings is 1. The number of hydrogen-bond acceptors (Lipinski definition) is 4. The quantitative estimate of drug-likeness (QED) is 0.512. The molecule has 0 radical (unpaired) electrons. The van der Waals surface area contributed by atoms with Crippen LogP contribution in [0.2, 0.25) is 0 Å². The molecule has 0 amide bonds.